The van der Waals surface area contributed by atoms with Crippen LogP contribution in [0, 0.1) is 0 Å². The first-order chi connectivity index (χ1) is 21.0. The highest BCUT2D eigenvalue weighted by molar-refractivity contribution is 7.95. The number of hydrogen-bond acceptors (Lipinski definition) is 7. The van der Waals surface area contributed by atoms with Gasteiger partial charge >= 0.3 is 0 Å². The van der Waals surface area contributed by atoms with Gasteiger partial charge < -0.3 is 25.2 Å². The number of phenolic OH excluding ortho intramolecular Hbond substituents is 3. The summed E-state index contributed by atoms with van der Waals surface area (Å²) in [5, 5.41) is 35.7. The number of carbonyl (C=O) groups excluding carboxylic acids is 1. The normalized spacial score (nSPS) is 11.5. The van der Waals surface area contributed by atoms with Gasteiger partial charge in [0.05, 0.1) is 16.3 Å². The number of unbranched alkanes of at least 4 members (excludes halogenated alkanes) is 3. The van der Waals surface area contributed by atoms with Crippen molar-refractivity contribution in [2.24, 2.45) is 0 Å². The fraction of sp³-hybridized carbons (Fsp3) is 0.206. The van der Waals surface area contributed by atoms with Crippen LogP contribution in [0.5, 0.6) is 17.2 Å². The van der Waals surface area contributed by atoms with Gasteiger partial charge in [0.25, 0.3) is 0 Å². The van der Waals surface area contributed by atoms with Crippen molar-refractivity contribution in [3.05, 3.63) is 115 Å². The van der Waals surface area contributed by atoms with E-state index in [-0.39, 0.29) is 5.91 Å². The number of phenols is 3. The van der Waals surface area contributed by atoms with Gasteiger partial charge in [0, 0.05) is 18.9 Å². The summed E-state index contributed by atoms with van der Waals surface area (Å²) in [7, 11) is -5.72. The van der Waals surface area contributed by atoms with Crippen LogP contribution in [0.4, 0.5) is 0 Å². The second kappa shape index (κ2) is 16.6. The van der Waals surface area contributed by atoms with Crippen LogP contribution in [0.3, 0.4) is 0 Å². The SMILES string of the molecule is CS(=O)(=O)[O-].O=C(C=Cc1cc(O)c(O)c(O)c1)NCCCCCC[P+](c1ccccc1)(c1ccccc1)c1ccccc1. The Morgan fingerprint density at radius 3 is 1.59 bits per heavy atom. The molecule has 0 aliphatic rings. The molecule has 0 unspecified atom stereocenters. The third kappa shape index (κ3) is 10.5. The minimum absolute atomic E-state index is 0.246. The predicted octanol–water partition coefficient (Wildman–Crippen LogP) is 4.65. The Balaban J connectivity index is 0.000000978. The van der Waals surface area contributed by atoms with E-state index in [0.29, 0.717) is 18.4 Å². The van der Waals surface area contributed by atoms with Crippen molar-refractivity contribution >= 4 is 45.3 Å². The van der Waals surface area contributed by atoms with Crippen LogP contribution in [0.25, 0.3) is 6.08 Å². The van der Waals surface area contributed by atoms with E-state index in [1.807, 2.05) is 0 Å². The Morgan fingerprint density at radius 1 is 0.750 bits per heavy atom. The molecule has 4 N–H and O–H groups in total. The van der Waals surface area contributed by atoms with Gasteiger partial charge in [-0.25, -0.2) is 8.42 Å². The molecule has 0 radical (unpaired) electrons. The molecule has 232 valence electrons. The van der Waals surface area contributed by atoms with E-state index >= 15 is 0 Å². The lowest BCUT2D eigenvalue weighted by Gasteiger charge is -2.27. The standard InChI is InChI=1S/C33H34NO4P.CH4O3S/c35-30-24-26(25-31(36)33(30)38)20-21-32(37)34-22-12-1-2-13-23-39(27-14-6-3-7-15-27,28-16-8-4-9-17-28)29-18-10-5-11-19-29;1-5(2,3)4/h3-11,14-21,24-25H,1-2,12-13,22-23H2,(H3-,34,35,36,37,38);1H3,(H,2,3,4). The maximum atomic E-state index is 12.2. The second-order valence-corrected chi connectivity index (χ2v) is 15.2. The maximum absolute atomic E-state index is 12.2. The van der Waals surface area contributed by atoms with Gasteiger partial charge in [0.2, 0.25) is 5.91 Å². The molecule has 44 heavy (non-hydrogen) atoms. The molecule has 0 aliphatic carbocycles. The van der Waals surface area contributed by atoms with Crippen molar-refractivity contribution in [3.63, 3.8) is 0 Å². The summed E-state index contributed by atoms with van der Waals surface area (Å²) in [6, 6.07) is 35.3. The first-order valence-corrected chi connectivity index (χ1v) is 18.0. The lowest BCUT2D eigenvalue weighted by Crippen LogP contribution is -2.33. The quantitative estimate of drug-likeness (QED) is 0.0583. The van der Waals surface area contributed by atoms with Crippen molar-refractivity contribution in [3.8, 4) is 17.2 Å². The van der Waals surface area contributed by atoms with Crippen molar-refractivity contribution in [2.75, 3.05) is 19.0 Å². The van der Waals surface area contributed by atoms with Gasteiger partial charge in [0.15, 0.2) is 17.2 Å². The highest BCUT2D eigenvalue weighted by Gasteiger charge is 2.44. The Bertz CT molecular complexity index is 1490. The van der Waals surface area contributed by atoms with Crippen LogP contribution < -0.4 is 21.2 Å². The Labute approximate surface area is 259 Å². The van der Waals surface area contributed by atoms with Crippen LogP contribution in [-0.4, -0.2) is 53.2 Å². The largest absolute Gasteiger partial charge is 0.748 e. The molecule has 0 saturated carbocycles. The van der Waals surface area contributed by atoms with Crippen molar-refractivity contribution < 1.29 is 33.1 Å². The smallest absolute Gasteiger partial charge is 0.243 e. The first kappa shape index (κ1) is 34.3. The molecule has 0 atom stereocenters. The van der Waals surface area contributed by atoms with Gasteiger partial charge in [-0.2, -0.15) is 0 Å². The Hall–Kier alpha value is -4.17. The fourth-order valence-corrected chi connectivity index (χ4v) is 9.28. The van der Waals surface area contributed by atoms with Crippen LogP contribution in [0.2, 0.25) is 0 Å². The number of hydrogen-bond donors (Lipinski definition) is 4. The first-order valence-electron chi connectivity index (χ1n) is 14.2. The summed E-state index contributed by atoms with van der Waals surface area (Å²) < 4.78 is 27.2. The number of rotatable bonds is 12. The zero-order chi connectivity index (χ0) is 32.0. The van der Waals surface area contributed by atoms with E-state index in [1.165, 1.54) is 40.2 Å². The molecule has 0 aromatic heterocycles. The molecule has 0 saturated heterocycles. The second-order valence-electron chi connectivity index (χ2n) is 10.2. The molecule has 4 rings (SSSR count). The number of benzene rings is 4. The zero-order valence-corrected chi connectivity index (χ0v) is 26.3. The van der Waals surface area contributed by atoms with Crippen molar-refractivity contribution in [2.45, 2.75) is 25.7 Å². The zero-order valence-electron chi connectivity index (χ0n) is 24.5. The van der Waals surface area contributed by atoms with Crippen molar-refractivity contribution in [1.29, 1.82) is 0 Å². The third-order valence-electron chi connectivity index (χ3n) is 6.83. The molecule has 0 bridgehead atoms. The molecule has 10 heteroatoms. The lowest BCUT2D eigenvalue weighted by atomic mass is 10.1. The molecule has 0 spiro atoms. The van der Waals surface area contributed by atoms with Gasteiger partial charge in [-0.3, -0.25) is 4.79 Å². The molecule has 0 fully saturated rings. The minimum Gasteiger partial charge on any atom is -0.748 e. The molecular formula is C34H38NO7PS. The summed E-state index contributed by atoms with van der Waals surface area (Å²) in [5.74, 6) is -1.70. The lowest BCUT2D eigenvalue weighted by molar-refractivity contribution is -0.116. The number of nitrogens with one attached hydrogen (secondary N) is 1. The van der Waals surface area contributed by atoms with Gasteiger partial charge in [-0.05, 0) is 79.4 Å². The van der Waals surface area contributed by atoms with E-state index in [0.717, 1.165) is 31.8 Å². The summed E-state index contributed by atoms with van der Waals surface area (Å²) in [4.78, 5) is 12.2. The van der Waals surface area contributed by atoms with Crippen LogP contribution in [0.1, 0.15) is 31.2 Å². The minimum atomic E-state index is -3.92. The average molecular weight is 636 g/mol. The molecule has 1 amide bonds. The van der Waals surface area contributed by atoms with Crippen LogP contribution in [0.15, 0.2) is 109 Å². The molecular weight excluding hydrogens is 597 g/mol. The monoisotopic (exact) mass is 635 g/mol. The molecule has 0 aliphatic heterocycles. The predicted molar refractivity (Wildman–Crippen MR) is 178 cm³/mol. The summed E-state index contributed by atoms with van der Waals surface area (Å²) in [6.07, 6.45) is 8.59. The van der Waals surface area contributed by atoms with E-state index in [2.05, 4.69) is 96.3 Å². The van der Waals surface area contributed by atoms with Crippen LogP contribution in [-0.2, 0) is 14.9 Å². The molecule has 4 aromatic carbocycles. The Morgan fingerprint density at radius 2 is 1.16 bits per heavy atom. The molecule has 4 aromatic rings. The number of carbonyl (C=O) groups is 1. The maximum Gasteiger partial charge on any atom is 0.243 e. The third-order valence-corrected chi connectivity index (χ3v) is 11.4. The number of amides is 1. The van der Waals surface area contributed by atoms with Gasteiger partial charge in [0.1, 0.15) is 23.2 Å². The van der Waals surface area contributed by atoms with E-state index in [4.69, 9.17) is 13.0 Å². The van der Waals surface area contributed by atoms with Crippen LogP contribution >= 0.6 is 7.26 Å². The Kier molecular flexibility index (Phi) is 13.0. The van der Waals surface area contributed by atoms with Crippen molar-refractivity contribution in [1.82, 2.24) is 5.32 Å². The number of aromatic hydroxyl groups is 3. The summed E-state index contributed by atoms with van der Waals surface area (Å²) >= 11 is 0. The van der Waals surface area contributed by atoms with E-state index in [9.17, 15) is 20.1 Å². The topological polar surface area (TPSA) is 147 Å². The summed E-state index contributed by atoms with van der Waals surface area (Å²) in [6.45, 7) is 0.575. The average Bonchev–Trinajstić information content (AvgIpc) is 3.01. The summed E-state index contributed by atoms with van der Waals surface area (Å²) in [5.41, 5.74) is 0.417. The van der Waals surface area contributed by atoms with E-state index in [1.54, 1.807) is 0 Å². The highest BCUT2D eigenvalue weighted by atomic mass is 32.2. The van der Waals surface area contributed by atoms with Gasteiger partial charge in [-0.1, -0.05) is 61.0 Å². The van der Waals surface area contributed by atoms with Gasteiger partial charge in [-0.15, -0.1) is 0 Å². The molecule has 0 heterocycles. The highest BCUT2D eigenvalue weighted by Crippen LogP contribution is 2.56. The fourth-order valence-electron chi connectivity index (χ4n) is 4.87. The van der Waals surface area contributed by atoms with E-state index < -0.39 is 34.6 Å². The molecule has 8 nitrogen and oxygen atoms in total.